The Bertz CT molecular complexity index is 495. The first-order chi connectivity index (χ1) is 8.31. The minimum atomic E-state index is -1.30. The highest BCUT2D eigenvalue weighted by Gasteiger charge is 2.23. The van der Waals surface area contributed by atoms with Crippen LogP contribution in [0.15, 0.2) is 6.07 Å². The average molecular weight is 270 g/mol. The van der Waals surface area contributed by atoms with Gasteiger partial charge in [0.05, 0.1) is 12.0 Å². The Morgan fingerprint density at radius 3 is 2.44 bits per heavy atom. The number of hydrogen-bond donors (Lipinski definition) is 3. The first kappa shape index (κ1) is 14.2. The van der Waals surface area contributed by atoms with E-state index in [0.717, 1.165) is 9.75 Å². The van der Waals surface area contributed by atoms with Crippen molar-refractivity contribution in [2.45, 2.75) is 26.3 Å². The molecule has 6 nitrogen and oxygen atoms in total. The maximum atomic E-state index is 11.9. The molecule has 7 heteroatoms. The smallest absolute Gasteiger partial charge is 0.326 e. The number of aliphatic carboxylic acids is 1. The minimum absolute atomic E-state index is 0.424. The summed E-state index contributed by atoms with van der Waals surface area (Å²) in [7, 11) is 0. The second-order valence-electron chi connectivity index (χ2n) is 3.86. The van der Waals surface area contributed by atoms with E-state index in [1.54, 1.807) is 13.0 Å². The number of aryl methyl sites for hydroxylation is 2. The zero-order valence-electron chi connectivity index (χ0n) is 10.0. The molecule has 18 heavy (non-hydrogen) atoms. The van der Waals surface area contributed by atoms with E-state index in [9.17, 15) is 14.4 Å². The molecule has 0 saturated heterocycles. The van der Waals surface area contributed by atoms with E-state index in [1.165, 1.54) is 11.3 Å². The molecule has 0 aliphatic carbocycles. The van der Waals surface area contributed by atoms with Gasteiger partial charge in [-0.2, -0.15) is 0 Å². The zero-order chi connectivity index (χ0) is 13.9. The van der Waals surface area contributed by atoms with Crippen LogP contribution in [0, 0.1) is 13.8 Å². The number of nitrogens with one attached hydrogen (secondary N) is 1. The number of hydrogen-bond acceptors (Lipinski definition) is 4. The maximum Gasteiger partial charge on any atom is 0.326 e. The SMILES string of the molecule is Cc1cc(C(=O)N[C@H](CC(N)=O)C(=O)O)c(C)s1. The third kappa shape index (κ3) is 3.56. The van der Waals surface area contributed by atoms with Crippen LogP contribution in [-0.2, 0) is 9.59 Å². The molecule has 1 atom stereocenters. The topological polar surface area (TPSA) is 109 Å². The van der Waals surface area contributed by atoms with Crippen molar-refractivity contribution in [2.75, 3.05) is 0 Å². The number of carbonyl (C=O) groups excluding carboxylic acids is 2. The molecule has 0 spiro atoms. The molecule has 0 aromatic carbocycles. The Balaban J connectivity index is 2.81. The molecule has 0 bridgehead atoms. The summed E-state index contributed by atoms with van der Waals surface area (Å²) in [4.78, 5) is 35.2. The second kappa shape index (κ2) is 5.63. The van der Waals surface area contributed by atoms with Crippen molar-refractivity contribution in [1.82, 2.24) is 5.32 Å². The Morgan fingerprint density at radius 2 is 2.06 bits per heavy atom. The van der Waals surface area contributed by atoms with Gasteiger partial charge in [-0.3, -0.25) is 9.59 Å². The number of amides is 2. The van der Waals surface area contributed by atoms with Gasteiger partial charge in [-0.1, -0.05) is 0 Å². The van der Waals surface area contributed by atoms with Crippen LogP contribution in [0.4, 0.5) is 0 Å². The molecular formula is C11H14N2O4S. The molecule has 1 aromatic heterocycles. The Kier molecular flexibility index (Phi) is 4.43. The van der Waals surface area contributed by atoms with Crippen molar-refractivity contribution in [3.05, 3.63) is 21.4 Å². The van der Waals surface area contributed by atoms with E-state index in [-0.39, 0.29) is 0 Å². The van der Waals surface area contributed by atoms with Crippen LogP contribution in [0.2, 0.25) is 0 Å². The molecular weight excluding hydrogens is 256 g/mol. The summed E-state index contributed by atoms with van der Waals surface area (Å²) >= 11 is 1.45. The molecule has 0 aliphatic rings. The highest BCUT2D eigenvalue weighted by molar-refractivity contribution is 7.12. The molecule has 0 radical (unpaired) electrons. The van der Waals surface area contributed by atoms with E-state index in [4.69, 9.17) is 10.8 Å². The van der Waals surface area contributed by atoms with Crippen LogP contribution in [0.1, 0.15) is 26.5 Å². The first-order valence-electron chi connectivity index (χ1n) is 5.20. The number of nitrogens with two attached hydrogens (primary N) is 1. The van der Waals surface area contributed by atoms with Gasteiger partial charge in [0.15, 0.2) is 0 Å². The molecule has 0 unspecified atom stereocenters. The standard InChI is InChI=1S/C11H14N2O4S/c1-5-3-7(6(2)18-5)10(15)13-8(11(16)17)4-9(12)14/h3,8H,4H2,1-2H3,(H2,12,14)(H,13,15)(H,16,17)/t8-/m1/s1. The van der Waals surface area contributed by atoms with Crippen LogP contribution in [0.3, 0.4) is 0 Å². The zero-order valence-corrected chi connectivity index (χ0v) is 10.8. The van der Waals surface area contributed by atoms with E-state index in [1.807, 2.05) is 6.92 Å². The van der Waals surface area contributed by atoms with Gasteiger partial charge < -0.3 is 16.2 Å². The van der Waals surface area contributed by atoms with E-state index < -0.39 is 30.2 Å². The Hall–Kier alpha value is -1.89. The van der Waals surface area contributed by atoms with Crippen molar-refractivity contribution in [3.8, 4) is 0 Å². The number of primary amides is 1. The lowest BCUT2D eigenvalue weighted by Crippen LogP contribution is -2.43. The van der Waals surface area contributed by atoms with Crippen molar-refractivity contribution in [2.24, 2.45) is 5.73 Å². The summed E-state index contributed by atoms with van der Waals surface area (Å²) in [5.74, 6) is -2.57. The minimum Gasteiger partial charge on any atom is -0.480 e. The summed E-state index contributed by atoms with van der Waals surface area (Å²) < 4.78 is 0. The molecule has 98 valence electrons. The summed E-state index contributed by atoms with van der Waals surface area (Å²) in [6.45, 7) is 3.63. The fourth-order valence-corrected chi connectivity index (χ4v) is 2.41. The van der Waals surface area contributed by atoms with E-state index in [2.05, 4.69) is 5.32 Å². The van der Waals surface area contributed by atoms with Crippen LogP contribution in [-0.4, -0.2) is 28.9 Å². The number of carboxylic acid groups (broad SMARTS) is 1. The number of carbonyl (C=O) groups is 3. The lowest BCUT2D eigenvalue weighted by molar-refractivity contribution is -0.140. The quantitative estimate of drug-likeness (QED) is 0.720. The molecule has 0 fully saturated rings. The molecule has 0 saturated carbocycles. The lowest BCUT2D eigenvalue weighted by Gasteiger charge is -2.12. The highest BCUT2D eigenvalue weighted by Crippen LogP contribution is 2.20. The van der Waals surface area contributed by atoms with Gasteiger partial charge in [-0.05, 0) is 19.9 Å². The van der Waals surface area contributed by atoms with Crippen molar-refractivity contribution in [1.29, 1.82) is 0 Å². The third-order valence-corrected chi connectivity index (χ3v) is 3.26. The monoisotopic (exact) mass is 270 g/mol. The van der Waals surface area contributed by atoms with Gasteiger partial charge in [0.1, 0.15) is 6.04 Å². The van der Waals surface area contributed by atoms with Crippen LogP contribution < -0.4 is 11.1 Å². The predicted octanol–water partition coefficient (Wildman–Crippen LogP) is 0.423. The summed E-state index contributed by atoms with van der Waals surface area (Å²) in [5, 5.41) is 11.2. The van der Waals surface area contributed by atoms with Crippen LogP contribution in [0.25, 0.3) is 0 Å². The van der Waals surface area contributed by atoms with Gasteiger partial charge in [-0.25, -0.2) is 4.79 Å². The normalized spacial score (nSPS) is 11.9. The molecule has 1 aromatic rings. The van der Waals surface area contributed by atoms with Gasteiger partial charge in [0.2, 0.25) is 5.91 Å². The second-order valence-corrected chi connectivity index (χ2v) is 5.32. The first-order valence-corrected chi connectivity index (χ1v) is 6.02. The van der Waals surface area contributed by atoms with Crippen LogP contribution >= 0.6 is 11.3 Å². The maximum absolute atomic E-state index is 11.9. The van der Waals surface area contributed by atoms with Gasteiger partial charge in [0.25, 0.3) is 5.91 Å². The van der Waals surface area contributed by atoms with Gasteiger partial charge >= 0.3 is 5.97 Å². The van der Waals surface area contributed by atoms with E-state index >= 15 is 0 Å². The molecule has 1 rings (SSSR count). The average Bonchev–Trinajstić information content (AvgIpc) is 2.56. The highest BCUT2D eigenvalue weighted by atomic mass is 32.1. The summed E-state index contributed by atoms with van der Waals surface area (Å²) in [5.41, 5.74) is 5.35. The summed E-state index contributed by atoms with van der Waals surface area (Å²) in [6, 6.07) is 0.382. The number of rotatable bonds is 5. The Labute approximate surface area is 108 Å². The molecule has 4 N–H and O–H groups in total. The molecule has 1 heterocycles. The fraction of sp³-hybridized carbons (Fsp3) is 0.364. The number of carboxylic acids is 1. The van der Waals surface area contributed by atoms with Gasteiger partial charge in [0, 0.05) is 9.75 Å². The van der Waals surface area contributed by atoms with Crippen molar-refractivity contribution >= 4 is 29.1 Å². The Morgan fingerprint density at radius 1 is 1.44 bits per heavy atom. The fourth-order valence-electron chi connectivity index (χ4n) is 1.49. The van der Waals surface area contributed by atoms with Crippen LogP contribution in [0.5, 0.6) is 0 Å². The third-order valence-electron chi connectivity index (χ3n) is 2.29. The molecule has 2 amide bonds. The van der Waals surface area contributed by atoms with Gasteiger partial charge in [-0.15, -0.1) is 11.3 Å². The molecule has 0 aliphatic heterocycles. The number of thiophene rings is 1. The lowest BCUT2D eigenvalue weighted by atomic mass is 10.1. The summed E-state index contributed by atoms with van der Waals surface area (Å²) in [6.07, 6.45) is -0.427. The van der Waals surface area contributed by atoms with Crippen molar-refractivity contribution in [3.63, 3.8) is 0 Å². The van der Waals surface area contributed by atoms with E-state index in [0.29, 0.717) is 5.56 Å². The predicted molar refractivity (Wildman–Crippen MR) is 66.5 cm³/mol. The van der Waals surface area contributed by atoms with Crippen molar-refractivity contribution < 1.29 is 19.5 Å². The largest absolute Gasteiger partial charge is 0.480 e.